The lowest BCUT2D eigenvalue weighted by Crippen LogP contribution is -2.07. The van der Waals surface area contributed by atoms with E-state index in [2.05, 4.69) is 10.3 Å². The number of hydrogen-bond donors (Lipinski definition) is 1. The van der Waals surface area contributed by atoms with E-state index in [0.717, 1.165) is 6.20 Å². The van der Waals surface area contributed by atoms with E-state index >= 15 is 0 Å². The third kappa shape index (κ3) is 3.77. The normalized spacial score (nSPS) is 11.8. The molecule has 22 heavy (non-hydrogen) atoms. The summed E-state index contributed by atoms with van der Waals surface area (Å²) in [5.41, 5.74) is 0.460. The zero-order chi connectivity index (χ0) is 16.2. The summed E-state index contributed by atoms with van der Waals surface area (Å²) in [5.74, 6) is 0. The molecule has 0 saturated carbocycles. The van der Waals surface area contributed by atoms with Crippen LogP contribution in [0.1, 0.15) is 0 Å². The number of nitrogens with zero attached hydrogens (tertiary/aromatic N) is 2. The predicted octanol–water partition coefficient (Wildman–Crippen LogP) is 3.64. The summed E-state index contributed by atoms with van der Waals surface area (Å²) in [7, 11) is -3.98. The summed E-state index contributed by atoms with van der Waals surface area (Å²) in [6.45, 7) is 0. The lowest BCUT2D eigenvalue weighted by molar-refractivity contribution is 0.599. The lowest BCUT2D eigenvalue weighted by Gasteiger charge is -2.05. The number of sulfone groups is 1. The quantitative estimate of drug-likeness (QED) is 0.848. The van der Waals surface area contributed by atoms with E-state index < -0.39 is 14.7 Å². The fraction of sp³-hybridized carbons (Fsp3) is 0. The van der Waals surface area contributed by atoms with Gasteiger partial charge in [0, 0.05) is 28.1 Å². The zero-order valence-corrected chi connectivity index (χ0v) is 13.3. The summed E-state index contributed by atoms with van der Waals surface area (Å²) in [6, 6.07) is 10.7. The van der Waals surface area contributed by atoms with Crippen molar-refractivity contribution < 1.29 is 8.42 Å². The molecule has 1 N–H and O–H groups in total. The molecule has 0 radical (unpaired) electrons. The Balaban J connectivity index is 2.34. The van der Waals surface area contributed by atoms with Gasteiger partial charge in [-0.2, -0.15) is 5.26 Å². The Hall–Kier alpha value is -2.07. The van der Waals surface area contributed by atoms with E-state index in [-0.39, 0.29) is 5.03 Å². The highest BCUT2D eigenvalue weighted by molar-refractivity contribution is 7.95. The highest BCUT2D eigenvalue weighted by atomic mass is 35.5. The van der Waals surface area contributed by atoms with Crippen LogP contribution in [0.25, 0.3) is 0 Å². The van der Waals surface area contributed by atoms with Crippen molar-refractivity contribution in [3.05, 3.63) is 63.7 Å². The molecular formula is C14H9Cl2N3O2S. The lowest BCUT2D eigenvalue weighted by atomic mass is 10.3. The summed E-state index contributed by atoms with van der Waals surface area (Å²) < 4.78 is 24.5. The molecule has 0 aliphatic rings. The van der Waals surface area contributed by atoms with Crippen LogP contribution in [0, 0.1) is 11.3 Å². The van der Waals surface area contributed by atoms with E-state index in [1.807, 2.05) is 0 Å². The number of aromatic nitrogens is 1. The highest BCUT2D eigenvalue weighted by Crippen LogP contribution is 2.23. The molecule has 8 heteroatoms. The van der Waals surface area contributed by atoms with Gasteiger partial charge in [0.1, 0.15) is 6.07 Å². The monoisotopic (exact) mass is 353 g/mol. The first kappa shape index (κ1) is 16.3. The first-order chi connectivity index (χ1) is 10.4. The van der Waals surface area contributed by atoms with Crippen molar-refractivity contribution in [3.63, 3.8) is 0 Å². The zero-order valence-electron chi connectivity index (χ0n) is 11.0. The predicted molar refractivity (Wildman–Crippen MR) is 85.2 cm³/mol. The first-order valence-electron chi connectivity index (χ1n) is 5.92. The second kappa shape index (κ2) is 6.79. The molecule has 0 unspecified atom stereocenters. The minimum absolute atomic E-state index is 0.200. The third-order valence-electron chi connectivity index (χ3n) is 2.55. The average Bonchev–Trinajstić information content (AvgIpc) is 2.47. The topological polar surface area (TPSA) is 82.9 Å². The van der Waals surface area contributed by atoms with Gasteiger partial charge in [-0.3, -0.25) is 0 Å². The summed E-state index contributed by atoms with van der Waals surface area (Å²) >= 11 is 11.7. The Bertz CT molecular complexity index is 839. The molecule has 0 fully saturated rings. The van der Waals surface area contributed by atoms with Gasteiger partial charge in [-0.15, -0.1) is 0 Å². The molecule has 0 saturated heterocycles. The Morgan fingerprint density at radius 3 is 2.45 bits per heavy atom. The van der Waals surface area contributed by atoms with Gasteiger partial charge in [-0.05, 0) is 30.3 Å². The Kier molecular flexibility index (Phi) is 5.03. The van der Waals surface area contributed by atoms with Gasteiger partial charge in [0.15, 0.2) is 9.93 Å². The fourth-order valence-electron chi connectivity index (χ4n) is 1.57. The van der Waals surface area contributed by atoms with E-state index in [0.29, 0.717) is 15.7 Å². The van der Waals surface area contributed by atoms with Gasteiger partial charge in [0.2, 0.25) is 9.84 Å². The number of anilines is 1. The van der Waals surface area contributed by atoms with Gasteiger partial charge >= 0.3 is 0 Å². The molecule has 0 bridgehead atoms. The molecule has 0 atom stereocenters. The Labute approximate surface area is 137 Å². The van der Waals surface area contributed by atoms with Crippen LogP contribution in [0.15, 0.2) is 58.7 Å². The maximum absolute atomic E-state index is 12.3. The van der Waals surface area contributed by atoms with E-state index in [1.54, 1.807) is 24.3 Å². The Morgan fingerprint density at radius 2 is 1.91 bits per heavy atom. The number of nitriles is 1. The van der Waals surface area contributed by atoms with Crippen molar-refractivity contribution in [2.24, 2.45) is 0 Å². The van der Waals surface area contributed by atoms with Crippen LogP contribution in [0.3, 0.4) is 0 Å². The van der Waals surface area contributed by atoms with Crippen molar-refractivity contribution in [1.29, 1.82) is 5.26 Å². The van der Waals surface area contributed by atoms with Gasteiger partial charge in [-0.25, -0.2) is 13.4 Å². The SMILES string of the molecule is N#C/C(=C\Nc1cc(Cl)cc(Cl)c1)S(=O)(=O)c1ccccn1. The standard InChI is InChI=1S/C14H9Cl2N3O2S/c15-10-5-11(16)7-12(6-10)19-9-13(8-17)22(20,21)14-3-1-2-4-18-14/h1-7,9,19H/b13-9+. The number of halogens is 2. The van der Waals surface area contributed by atoms with Crippen molar-refractivity contribution in [1.82, 2.24) is 4.98 Å². The van der Waals surface area contributed by atoms with Crippen LogP contribution in [-0.2, 0) is 9.84 Å². The molecule has 0 amide bonds. The third-order valence-corrected chi connectivity index (χ3v) is 4.56. The maximum Gasteiger partial charge on any atom is 0.235 e. The number of benzene rings is 1. The first-order valence-corrected chi connectivity index (χ1v) is 8.16. The Morgan fingerprint density at radius 1 is 1.23 bits per heavy atom. The van der Waals surface area contributed by atoms with Crippen molar-refractivity contribution >= 4 is 38.7 Å². The summed E-state index contributed by atoms with van der Waals surface area (Å²) in [5, 5.41) is 12.4. The number of nitrogens with one attached hydrogen (secondary N) is 1. The van der Waals surface area contributed by atoms with Gasteiger partial charge in [0.25, 0.3) is 0 Å². The van der Waals surface area contributed by atoms with E-state index in [9.17, 15) is 8.42 Å². The number of pyridine rings is 1. The van der Waals surface area contributed by atoms with E-state index in [1.165, 1.54) is 24.4 Å². The van der Waals surface area contributed by atoms with Gasteiger partial charge in [0.05, 0.1) is 0 Å². The number of allylic oxidation sites excluding steroid dienone is 1. The second-order valence-electron chi connectivity index (χ2n) is 4.09. The molecule has 2 aromatic rings. The summed E-state index contributed by atoms with van der Waals surface area (Å²) in [6.07, 6.45) is 2.41. The van der Waals surface area contributed by atoms with Gasteiger partial charge < -0.3 is 5.32 Å². The maximum atomic E-state index is 12.3. The minimum atomic E-state index is -3.98. The van der Waals surface area contributed by atoms with Gasteiger partial charge in [-0.1, -0.05) is 29.3 Å². The molecule has 0 aliphatic heterocycles. The molecule has 1 aromatic carbocycles. The van der Waals surface area contributed by atoms with Crippen molar-refractivity contribution in [2.75, 3.05) is 5.32 Å². The molecule has 2 rings (SSSR count). The molecule has 1 aromatic heterocycles. The highest BCUT2D eigenvalue weighted by Gasteiger charge is 2.21. The molecule has 0 spiro atoms. The second-order valence-corrected chi connectivity index (χ2v) is 6.83. The number of hydrogen-bond acceptors (Lipinski definition) is 5. The molecule has 5 nitrogen and oxygen atoms in total. The van der Waals surface area contributed by atoms with Crippen LogP contribution >= 0.6 is 23.2 Å². The average molecular weight is 354 g/mol. The molecular weight excluding hydrogens is 345 g/mol. The van der Waals surface area contributed by atoms with Crippen LogP contribution < -0.4 is 5.32 Å². The molecule has 1 heterocycles. The molecule has 112 valence electrons. The smallest absolute Gasteiger partial charge is 0.235 e. The van der Waals surface area contributed by atoms with Crippen LogP contribution in [0.5, 0.6) is 0 Å². The largest absolute Gasteiger partial charge is 0.360 e. The van der Waals surface area contributed by atoms with Crippen molar-refractivity contribution in [3.8, 4) is 6.07 Å². The van der Waals surface area contributed by atoms with Crippen LogP contribution in [0.2, 0.25) is 10.0 Å². The molecule has 0 aliphatic carbocycles. The number of rotatable bonds is 4. The van der Waals surface area contributed by atoms with Crippen molar-refractivity contribution in [2.45, 2.75) is 5.03 Å². The van der Waals surface area contributed by atoms with Crippen LogP contribution in [-0.4, -0.2) is 13.4 Å². The minimum Gasteiger partial charge on any atom is -0.360 e. The fourth-order valence-corrected chi connectivity index (χ4v) is 3.12. The van der Waals surface area contributed by atoms with Crippen LogP contribution in [0.4, 0.5) is 5.69 Å². The van der Waals surface area contributed by atoms with E-state index in [4.69, 9.17) is 28.5 Å². The summed E-state index contributed by atoms with van der Waals surface area (Å²) in [4.78, 5) is 3.28.